The Morgan fingerprint density at radius 1 is 0.800 bits per heavy atom. The Morgan fingerprint density at radius 2 is 1.49 bits per heavy atom. The maximum atomic E-state index is 12.7. The van der Waals surface area contributed by atoms with Crippen LogP contribution in [0.5, 0.6) is 0 Å². The first-order valence-corrected chi connectivity index (χ1v) is 12.0. The second-order valence-electron chi connectivity index (χ2n) is 7.64. The minimum atomic E-state index is -3.80. The molecule has 0 saturated heterocycles. The molecule has 0 fully saturated rings. The average Bonchev–Trinajstić information content (AvgIpc) is 3.28. The van der Waals surface area contributed by atoms with Crippen LogP contribution in [0, 0.1) is 0 Å². The number of aromatic nitrogens is 5. The van der Waals surface area contributed by atoms with Crippen LogP contribution in [0.3, 0.4) is 0 Å². The molecule has 0 aliphatic rings. The second kappa shape index (κ2) is 8.95. The van der Waals surface area contributed by atoms with E-state index in [1.807, 2.05) is 24.3 Å². The minimum Gasteiger partial charge on any atom is -0.326 e. The highest BCUT2D eigenvalue weighted by molar-refractivity contribution is 7.92. The van der Waals surface area contributed by atoms with E-state index in [1.165, 1.54) is 31.2 Å². The van der Waals surface area contributed by atoms with Gasteiger partial charge in [0.25, 0.3) is 10.0 Å². The highest BCUT2D eigenvalue weighted by atomic mass is 32.2. The van der Waals surface area contributed by atoms with Gasteiger partial charge in [0.15, 0.2) is 11.5 Å². The molecule has 3 heterocycles. The molecule has 0 radical (unpaired) electrons. The van der Waals surface area contributed by atoms with Gasteiger partial charge in [-0.15, -0.1) is 10.2 Å². The maximum absolute atomic E-state index is 12.7. The molecule has 0 aliphatic carbocycles. The number of rotatable bonds is 6. The molecule has 5 rings (SSSR count). The molecule has 0 aliphatic heterocycles. The van der Waals surface area contributed by atoms with Crippen molar-refractivity contribution in [3.05, 3.63) is 85.2 Å². The fraction of sp³-hybridized carbons (Fsp3) is 0.0417. The topological polar surface area (TPSA) is 131 Å². The van der Waals surface area contributed by atoms with Crippen molar-refractivity contribution in [2.75, 3.05) is 10.0 Å². The van der Waals surface area contributed by atoms with Crippen molar-refractivity contribution in [3.63, 3.8) is 0 Å². The highest BCUT2D eigenvalue weighted by Crippen LogP contribution is 2.24. The number of sulfonamides is 1. The molecular formula is C24H19N7O3S. The Hall–Kier alpha value is -4.64. The number of anilines is 2. The molecule has 0 unspecified atom stereocenters. The van der Waals surface area contributed by atoms with E-state index in [4.69, 9.17) is 0 Å². The van der Waals surface area contributed by atoms with E-state index in [0.29, 0.717) is 28.5 Å². The van der Waals surface area contributed by atoms with Crippen LogP contribution in [0.2, 0.25) is 0 Å². The standard InChI is InChI=1S/C24H19N7O3S/c1-16(32)26-19-6-8-21(9-7-19)35(33,34)30-20-4-2-17(3-5-20)22-10-11-23-27-28-24(31(23)29-22)18-12-14-25-15-13-18/h2-15,30H,1H3,(H,26,32). The smallest absolute Gasteiger partial charge is 0.261 e. The first-order chi connectivity index (χ1) is 16.9. The summed E-state index contributed by atoms with van der Waals surface area (Å²) in [6.45, 7) is 1.38. The molecular weight excluding hydrogens is 466 g/mol. The lowest BCUT2D eigenvalue weighted by Crippen LogP contribution is -2.13. The van der Waals surface area contributed by atoms with E-state index in [1.54, 1.807) is 41.2 Å². The lowest BCUT2D eigenvalue weighted by molar-refractivity contribution is -0.114. The Bertz CT molecular complexity index is 1620. The van der Waals surface area contributed by atoms with Gasteiger partial charge in [0.1, 0.15) is 0 Å². The number of hydrogen-bond acceptors (Lipinski definition) is 7. The molecule has 35 heavy (non-hydrogen) atoms. The lowest BCUT2D eigenvalue weighted by atomic mass is 10.1. The number of carbonyl (C=O) groups is 1. The number of hydrogen-bond donors (Lipinski definition) is 2. The fourth-order valence-corrected chi connectivity index (χ4v) is 4.53. The number of pyridine rings is 1. The van der Waals surface area contributed by atoms with Gasteiger partial charge in [0.2, 0.25) is 5.91 Å². The van der Waals surface area contributed by atoms with Crippen LogP contribution in [-0.4, -0.2) is 39.1 Å². The van der Waals surface area contributed by atoms with Crippen molar-refractivity contribution in [1.29, 1.82) is 0 Å². The minimum absolute atomic E-state index is 0.0824. The number of carbonyl (C=O) groups excluding carboxylic acids is 1. The fourth-order valence-electron chi connectivity index (χ4n) is 3.47. The van der Waals surface area contributed by atoms with Crippen LogP contribution in [0.1, 0.15) is 6.92 Å². The van der Waals surface area contributed by atoms with Gasteiger partial charge in [0, 0.05) is 41.8 Å². The van der Waals surface area contributed by atoms with Crippen molar-refractivity contribution >= 4 is 33.0 Å². The number of fused-ring (bicyclic) bond motifs is 1. The second-order valence-corrected chi connectivity index (χ2v) is 9.32. The predicted octanol–water partition coefficient (Wildman–Crippen LogP) is 3.61. The highest BCUT2D eigenvalue weighted by Gasteiger charge is 2.15. The van der Waals surface area contributed by atoms with Gasteiger partial charge in [0.05, 0.1) is 10.6 Å². The van der Waals surface area contributed by atoms with Crippen molar-refractivity contribution < 1.29 is 13.2 Å². The molecule has 0 spiro atoms. The zero-order valence-corrected chi connectivity index (χ0v) is 19.3. The maximum Gasteiger partial charge on any atom is 0.261 e. The molecule has 2 aromatic carbocycles. The number of nitrogens with one attached hydrogen (secondary N) is 2. The summed E-state index contributed by atoms with van der Waals surface area (Å²) in [5, 5.41) is 15.7. The molecule has 5 aromatic rings. The monoisotopic (exact) mass is 485 g/mol. The Kier molecular flexibility index (Phi) is 5.67. The molecule has 10 nitrogen and oxygen atoms in total. The number of benzene rings is 2. The van der Waals surface area contributed by atoms with Crippen LogP contribution in [0.25, 0.3) is 28.3 Å². The van der Waals surface area contributed by atoms with Gasteiger partial charge in [-0.1, -0.05) is 12.1 Å². The van der Waals surface area contributed by atoms with Gasteiger partial charge in [-0.2, -0.15) is 9.61 Å². The Morgan fingerprint density at radius 3 is 2.17 bits per heavy atom. The van der Waals surface area contributed by atoms with Crippen molar-refractivity contribution in [1.82, 2.24) is 24.8 Å². The third kappa shape index (κ3) is 4.70. The summed E-state index contributed by atoms with van der Waals surface area (Å²) in [6.07, 6.45) is 3.36. The van der Waals surface area contributed by atoms with E-state index >= 15 is 0 Å². The van der Waals surface area contributed by atoms with Gasteiger partial charge in [-0.25, -0.2) is 8.42 Å². The molecule has 0 saturated carbocycles. The summed E-state index contributed by atoms with van der Waals surface area (Å²) in [6, 6.07) is 20.1. The van der Waals surface area contributed by atoms with Crippen molar-refractivity contribution in [3.8, 4) is 22.6 Å². The summed E-state index contributed by atoms with van der Waals surface area (Å²) in [5.74, 6) is 0.364. The predicted molar refractivity (Wildman–Crippen MR) is 131 cm³/mol. The third-order valence-electron chi connectivity index (χ3n) is 5.12. The largest absolute Gasteiger partial charge is 0.326 e. The number of nitrogens with zero attached hydrogens (tertiary/aromatic N) is 5. The normalized spacial score (nSPS) is 11.3. The molecule has 174 valence electrons. The Balaban J connectivity index is 1.37. The summed E-state index contributed by atoms with van der Waals surface area (Å²) < 4.78 is 29.7. The summed E-state index contributed by atoms with van der Waals surface area (Å²) >= 11 is 0. The zero-order chi connectivity index (χ0) is 24.4. The van der Waals surface area contributed by atoms with E-state index in [2.05, 4.69) is 30.3 Å². The molecule has 2 N–H and O–H groups in total. The molecule has 0 bridgehead atoms. The first kappa shape index (κ1) is 22.2. The van der Waals surface area contributed by atoms with Gasteiger partial charge in [-0.05, 0) is 60.7 Å². The summed E-state index contributed by atoms with van der Waals surface area (Å²) in [7, 11) is -3.80. The van der Waals surface area contributed by atoms with Gasteiger partial charge in [-0.3, -0.25) is 14.5 Å². The average molecular weight is 486 g/mol. The summed E-state index contributed by atoms with van der Waals surface area (Å²) in [5.41, 5.74) is 3.84. The summed E-state index contributed by atoms with van der Waals surface area (Å²) in [4.78, 5) is 15.3. The van der Waals surface area contributed by atoms with Crippen molar-refractivity contribution in [2.45, 2.75) is 11.8 Å². The molecule has 11 heteroatoms. The van der Waals surface area contributed by atoms with Crippen LogP contribution < -0.4 is 10.0 Å². The number of amides is 1. The van der Waals surface area contributed by atoms with E-state index in [9.17, 15) is 13.2 Å². The SMILES string of the molecule is CC(=O)Nc1ccc(S(=O)(=O)Nc2ccc(-c3ccc4nnc(-c5ccncc5)n4n3)cc2)cc1. The molecule has 3 aromatic heterocycles. The zero-order valence-electron chi connectivity index (χ0n) is 18.5. The third-order valence-corrected chi connectivity index (χ3v) is 6.52. The first-order valence-electron chi connectivity index (χ1n) is 10.5. The van der Waals surface area contributed by atoms with Crippen LogP contribution >= 0.6 is 0 Å². The molecule has 1 amide bonds. The van der Waals surface area contributed by atoms with Gasteiger partial charge < -0.3 is 5.32 Å². The van der Waals surface area contributed by atoms with E-state index in [-0.39, 0.29) is 10.8 Å². The van der Waals surface area contributed by atoms with Crippen LogP contribution in [-0.2, 0) is 14.8 Å². The van der Waals surface area contributed by atoms with E-state index < -0.39 is 10.0 Å². The van der Waals surface area contributed by atoms with E-state index in [0.717, 1.165) is 11.1 Å². The molecule has 0 atom stereocenters. The quantitative estimate of drug-likeness (QED) is 0.376. The van der Waals surface area contributed by atoms with Gasteiger partial charge >= 0.3 is 0 Å². The van der Waals surface area contributed by atoms with Crippen molar-refractivity contribution in [2.24, 2.45) is 0 Å². The lowest BCUT2D eigenvalue weighted by Gasteiger charge is -2.10. The Labute approximate surface area is 200 Å². The van der Waals surface area contributed by atoms with Crippen LogP contribution in [0.4, 0.5) is 11.4 Å². The van der Waals surface area contributed by atoms with Crippen LogP contribution in [0.15, 0.2) is 90.1 Å².